The number of rotatable bonds is 10. The van der Waals surface area contributed by atoms with Gasteiger partial charge in [0.05, 0.1) is 13.2 Å². The topological polar surface area (TPSA) is 64.6 Å². The van der Waals surface area contributed by atoms with Crippen LogP contribution in [0.3, 0.4) is 0 Å². The Labute approximate surface area is 209 Å². The summed E-state index contributed by atoms with van der Waals surface area (Å²) in [6.45, 7) is 6.70. The number of benzene rings is 2. The third kappa shape index (κ3) is 6.72. The van der Waals surface area contributed by atoms with Crippen LogP contribution >= 0.6 is 22.9 Å². The predicted octanol–water partition coefficient (Wildman–Crippen LogP) is 7.38. The van der Waals surface area contributed by atoms with E-state index in [-0.39, 0.29) is 12.5 Å². The Morgan fingerprint density at radius 3 is 2.41 bits per heavy atom. The quantitative estimate of drug-likeness (QED) is 0.180. The van der Waals surface area contributed by atoms with E-state index >= 15 is 0 Å². The Morgan fingerprint density at radius 1 is 1.06 bits per heavy atom. The average Bonchev–Trinajstić information content (AvgIpc) is 3.15. The molecule has 1 N–H and O–H groups in total. The highest BCUT2D eigenvalue weighted by Crippen LogP contribution is 2.40. The molecule has 0 bridgehead atoms. The molecule has 0 aliphatic heterocycles. The number of nitrogens with one attached hydrogen (secondary N) is 1. The first kappa shape index (κ1) is 25.5. The highest BCUT2D eigenvalue weighted by atomic mass is 35.5. The molecule has 0 atom stereocenters. The van der Waals surface area contributed by atoms with Crippen LogP contribution in [0.25, 0.3) is 17.2 Å². The third-order valence-corrected chi connectivity index (χ3v) is 6.28. The molecule has 0 aliphatic carbocycles. The number of unbranched alkanes of at least 4 members (excludes halogenated alkanes) is 1. The van der Waals surface area contributed by atoms with Gasteiger partial charge in [-0.1, -0.05) is 49.2 Å². The number of esters is 1. The second-order valence-electron chi connectivity index (χ2n) is 7.56. The first-order chi connectivity index (χ1) is 16.4. The summed E-state index contributed by atoms with van der Waals surface area (Å²) in [4.78, 5) is 26.4. The van der Waals surface area contributed by atoms with Crippen molar-refractivity contribution in [3.8, 4) is 16.9 Å². The maximum Gasteiger partial charge on any atom is 0.341 e. The fourth-order valence-electron chi connectivity index (χ4n) is 3.33. The molecular weight excluding hydrogens is 470 g/mol. The molecule has 2 aromatic carbocycles. The van der Waals surface area contributed by atoms with E-state index in [1.54, 1.807) is 25.1 Å². The zero-order valence-corrected chi connectivity index (χ0v) is 21.1. The molecule has 178 valence electrons. The minimum Gasteiger partial charge on any atom is -0.494 e. The number of halogens is 1. The third-order valence-electron chi connectivity index (χ3n) is 5.01. The number of carbonyl (C=O) groups excluding carboxylic acids is 2. The van der Waals surface area contributed by atoms with E-state index in [9.17, 15) is 9.59 Å². The smallest absolute Gasteiger partial charge is 0.341 e. The SMILES string of the molecule is CCCCOc1ccc(/C=C/C(=O)Nc2sc(C)c(-c3ccc(Cl)cc3)c2C(=O)OCC)cc1. The summed E-state index contributed by atoms with van der Waals surface area (Å²) in [5.41, 5.74) is 2.78. The van der Waals surface area contributed by atoms with Crippen LogP contribution in [0, 0.1) is 6.92 Å². The fraction of sp³-hybridized carbons (Fsp3) is 0.259. The molecule has 7 heteroatoms. The molecule has 0 unspecified atom stereocenters. The lowest BCUT2D eigenvalue weighted by atomic mass is 10.0. The van der Waals surface area contributed by atoms with Gasteiger partial charge in [-0.25, -0.2) is 4.79 Å². The summed E-state index contributed by atoms with van der Waals surface area (Å²) < 4.78 is 11.0. The minimum atomic E-state index is -0.477. The van der Waals surface area contributed by atoms with Gasteiger partial charge in [-0.3, -0.25) is 4.79 Å². The molecular formula is C27H28ClNO4S. The maximum absolute atomic E-state index is 12.8. The number of amides is 1. The molecule has 5 nitrogen and oxygen atoms in total. The molecule has 3 rings (SSSR count). The first-order valence-electron chi connectivity index (χ1n) is 11.2. The van der Waals surface area contributed by atoms with Crippen LogP contribution in [0.15, 0.2) is 54.6 Å². The Kier molecular flexibility index (Phi) is 9.31. The van der Waals surface area contributed by atoms with Crippen molar-refractivity contribution in [2.24, 2.45) is 0 Å². The number of hydrogen-bond acceptors (Lipinski definition) is 5. The van der Waals surface area contributed by atoms with Crippen molar-refractivity contribution in [3.05, 3.63) is 75.6 Å². The van der Waals surface area contributed by atoms with Crippen molar-refractivity contribution in [2.75, 3.05) is 18.5 Å². The molecule has 0 saturated heterocycles. The molecule has 1 aromatic heterocycles. The molecule has 1 heterocycles. The van der Waals surface area contributed by atoms with Gasteiger partial charge in [-0.15, -0.1) is 11.3 Å². The van der Waals surface area contributed by atoms with Gasteiger partial charge in [0.15, 0.2) is 0 Å². The highest BCUT2D eigenvalue weighted by Gasteiger charge is 2.25. The number of anilines is 1. The van der Waals surface area contributed by atoms with Crippen LogP contribution in [0.1, 0.15) is 47.5 Å². The van der Waals surface area contributed by atoms with E-state index in [1.165, 1.54) is 17.4 Å². The van der Waals surface area contributed by atoms with Gasteiger partial charge in [-0.05, 0) is 61.7 Å². The van der Waals surface area contributed by atoms with Crippen molar-refractivity contribution < 1.29 is 19.1 Å². The first-order valence-corrected chi connectivity index (χ1v) is 12.4. The normalized spacial score (nSPS) is 10.9. The van der Waals surface area contributed by atoms with Crippen LogP contribution in [-0.2, 0) is 9.53 Å². The molecule has 0 saturated carbocycles. The van der Waals surface area contributed by atoms with Gasteiger partial charge in [0.1, 0.15) is 16.3 Å². The molecule has 1 amide bonds. The molecule has 34 heavy (non-hydrogen) atoms. The van der Waals surface area contributed by atoms with E-state index in [2.05, 4.69) is 12.2 Å². The van der Waals surface area contributed by atoms with E-state index in [0.29, 0.717) is 22.2 Å². The maximum atomic E-state index is 12.8. The number of ether oxygens (including phenoxy) is 2. The molecule has 0 radical (unpaired) electrons. The van der Waals surface area contributed by atoms with Crippen LogP contribution in [0.5, 0.6) is 5.75 Å². The summed E-state index contributed by atoms with van der Waals surface area (Å²) in [5.74, 6) is -0.00890. The van der Waals surface area contributed by atoms with Crippen molar-refractivity contribution in [1.29, 1.82) is 0 Å². The predicted molar refractivity (Wildman–Crippen MR) is 140 cm³/mol. The lowest BCUT2D eigenvalue weighted by Gasteiger charge is -2.08. The average molecular weight is 498 g/mol. The summed E-state index contributed by atoms with van der Waals surface area (Å²) in [5, 5.41) is 3.91. The molecule has 0 spiro atoms. The number of hydrogen-bond donors (Lipinski definition) is 1. The standard InChI is InChI=1S/C27H28ClNO4S/c1-4-6-17-33-22-14-7-19(8-15-22)9-16-23(30)29-26-25(27(31)32-5-2)24(18(3)34-26)20-10-12-21(28)13-11-20/h7-16H,4-6,17H2,1-3H3,(H,29,30)/b16-9+. The van der Waals surface area contributed by atoms with Gasteiger partial charge in [-0.2, -0.15) is 0 Å². The Hall–Kier alpha value is -3.09. The summed E-state index contributed by atoms with van der Waals surface area (Å²) >= 11 is 7.37. The Bertz CT molecular complexity index is 1150. The monoisotopic (exact) mass is 497 g/mol. The second-order valence-corrected chi connectivity index (χ2v) is 9.22. The molecule has 0 aliphatic rings. The summed E-state index contributed by atoms with van der Waals surface area (Å²) in [6, 6.07) is 14.8. The number of carbonyl (C=O) groups is 2. The van der Waals surface area contributed by atoms with Crippen LogP contribution in [0.2, 0.25) is 5.02 Å². The van der Waals surface area contributed by atoms with Crippen molar-refractivity contribution >= 4 is 45.9 Å². The molecule has 0 fully saturated rings. The highest BCUT2D eigenvalue weighted by molar-refractivity contribution is 7.17. The van der Waals surface area contributed by atoms with Gasteiger partial charge in [0.2, 0.25) is 5.91 Å². The summed E-state index contributed by atoms with van der Waals surface area (Å²) in [6.07, 6.45) is 5.25. The van der Waals surface area contributed by atoms with E-state index in [1.807, 2.05) is 43.3 Å². The van der Waals surface area contributed by atoms with E-state index in [0.717, 1.165) is 40.2 Å². The van der Waals surface area contributed by atoms with Crippen LogP contribution < -0.4 is 10.1 Å². The second kappa shape index (κ2) is 12.4. The Balaban J connectivity index is 1.79. The fourth-order valence-corrected chi connectivity index (χ4v) is 4.52. The van der Waals surface area contributed by atoms with E-state index < -0.39 is 5.97 Å². The van der Waals surface area contributed by atoms with E-state index in [4.69, 9.17) is 21.1 Å². The van der Waals surface area contributed by atoms with Crippen molar-refractivity contribution in [1.82, 2.24) is 0 Å². The zero-order chi connectivity index (χ0) is 24.5. The largest absolute Gasteiger partial charge is 0.494 e. The number of aryl methyl sites for hydroxylation is 1. The van der Waals surface area contributed by atoms with Gasteiger partial charge < -0.3 is 14.8 Å². The van der Waals surface area contributed by atoms with Crippen LogP contribution in [-0.4, -0.2) is 25.1 Å². The lowest BCUT2D eigenvalue weighted by molar-refractivity contribution is -0.111. The number of thiophene rings is 1. The minimum absolute atomic E-state index is 0.235. The Morgan fingerprint density at radius 2 is 1.76 bits per heavy atom. The van der Waals surface area contributed by atoms with Crippen LogP contribution in [0.4, 0.5) is 5.00 Å². The summed E-state index contributed by atoms with van der Waals surface area (Å²) in [7, 11) is 0. The molecule has 3 aromatic rings. The lowest BCUT2D eigenvalue weighted by Crippen LogP contribution is -2.12. The van der Waals surface area contributed by atoms with Crippen molar-refractivity contribution in [3.63, 3.8) is 0 Å². The van der Waals surface area contributed by atoms with Gasteiger partial charge in [0.25, 0.3) is 0 Å². The zero-order valence-electron chi connectivity index (χ0n) is 19.5. The van der Waals surface area contributed by atoms with Crippen molar-refractivity contribution in [2.45, 2.75) is 33.6 Å². The van der Waals surface area contributed by atoms with Gasteiger partial charge >= 0.3 is 5.97 Å². The van der Waals surface area contributed by atoms with Gasteiger partial charge in [0, 0.05) is 21.5 Å².